The first-order chi connectivity index (χ1) is 17.2. The summed E-state index contributed by atoms with van der Waals surface area (Å²) in [7, 11) is 0. The van der Waals surface area contributed by atoms with Gasteiger partial charge in [-0.1, -0.05) is 0 Å². The molecule has 0 bridgehead atoms. The van der Waals surface area contributed by atoms with Gasteiger partial charge in [-0.2, -0.15) is 0 Å². The number of nitrogens with zero attached hydrogens (tertiary/aromatic N) is 3. The van der Waals surface area contributed by atoms with Gasteiger partial charge in [-0.05, 0) is 76.8 Å². The van der Waals surface area contributed by atoms with Crippen LogP contribution in [0, 0.1) is 0 Å². The maximum atomic E-state index is 13.6. The Hall–Kier alpha value is -3.49. The number of benzene rings is 1. The molecule has 2 N–H and O–H groups in total. The summed E-state index contributed by atoms with van der Waals surface area (Å²) in [6, 6.07) is 8.68. The third-order valence-corrected chi connectivity index (χ3v) is 6.48. The normalized spacial score (nSPS) is 16.9. The van der Waals surface area contributed by atoms with Crippen molar-refractivity contribution >= 4 is 29.2 Å². The van der Waals surface area contributed by atoms with Crippen molar-refractivity contribution in [2.24, 2.45) is 0 Å². The number of rotatable bonds is 4. The van der Waals surface area contributed by atoms with Gasteiger partial charge < -0.3 is 29.8 Å². The summed E-state index contributed by atoms with van der Waals surface area (Å²) in [6.07, 6.45) is 5.38. The van der Waals surface area contributed by atoms with Gasteiger partial charge in [0, 0.05) is 56.2 Å². The van der Waals surface area contributed by atoms with Gasteiger partial charge in [0.25, 0.3) is 11.8 Å². The maximum absolute atomic E-state index is 13.6. The zero-order valence-corrected chi connectivity index (χ0v) is 21.5. The molecular formula is C27H37N5O4. The van der Waals surface area contributed by atoms with Crippen LogP contribution in [-0.2, 0) is 0 Å². The quantitative estimate of drug-likeness (QED) is 0.663. The number of carbonyl (C=O) groups is 3. The molecule has 2 aliphatic heterocycles. The van der Waals surface area contributed by atoms with E-state index in [1.54, 1.807) is 18.2 Å². The summed E-state index contributed by atoms with van der Waals surface area (Å²) in [6.45, 7) is 9.97. The van der Waals surface area contributed by atoms with Gasteiger partial charge >= 0.3 is 6.03 Å². The smallest absolute Gasteiger partial charge is 0.317 e. The molecule has 9 nitrogen and oxygen atoms in total. The summed E-state index contributed by atoms with van der Waals surface area (Å²) in [5.74, 6) is -0.172. The zero-order chi connectivity index (χ0) is 25.7. The standard InChI is InChI=1S/C27H37N5O4/c1-27(2,3)29-26(35)32-15-8-14-30(16-17-32)22-11-10-20(28-24(33)23-9-7-18-36-23)19-21(22)25(34)31-12-5-4-6-13-31/h7,9-11,18-19H,4-6,8,12-17H2,1-3H3,(H,28,33)(H,29,35). The highest BCUT2D eigenvalue weighted by atomic mass is 16.3. The fraction of sp³-hybridized carbons (Fsp3) is 0.519. The number of anilines is 2. The average molecular weight is 496 g/mol. The Bertz CT molecular complexity index is 1070. The molecule has 36 heavy (non-hydrogen) atoms. The van der Waals surface area contributed by atoms with Crippen LogP contribution in [0.1, 0.15) is 67.4 Å². The first kappa shape index (κ1) is 25.6. The van der Waals surface area contributed by atoms with Crippen LogP contribution >= 0.6 is 0 Å². The predicted octanol–water partition coefficient (Wildman–Crippen LogP) is 4.18. The van der Waals surface area contributed by atoms with E-state index in [0.29, 0.717) is 30.9 Å². The van der Waals surface area contributed by atoms with Gasteiger partial charge in [-0.3, -0.25) is 9.59 Å². The van der Waals surface area contributed by atoms with Gasteiger partial charge in [0.1, 0.15) is 0 Å². The molecule has 0 saturated carbocycles. The maximum Gasteiger partial charge on any atom is 0.317 e. The molecule has 2 saturated heterocycles. The van der Waals surface area contributed by atoms with Gasteiger partial charge in [-0.15, -0.1) is 0 Å². The van der Waals surface area contributed by atoms with Crippen LogP contribution in [0.5, 0.6) is 0 Å². The van der Waals surface area contributed by atoms with E-state index < -0.39 is 0 Å². The Kier molecular flexibility index (Phi) is 7.86. The van der Waals surface area contributed by atoms with Crippen LogP contribution in [-0.4, -0.2) is 72.5 Å². The molecule has 3 heterocycles. The van der Waals surface area contributed by atoms with E-state index in [2.05, 4.69) is 15.5 Å². The van der Waals surface area contributed by atoms with E-state index in [-0.39, 0.29) is 29.1 Å². The van der Waals surface area contributed by atoms with Crippen LogP contribution in [0.15, 0.2) is 41.0 Å². The molecule has 4 amide bonds. The molecule has 2 aromatic rings. The lowest BCUT2D eigenvalue weighted by Gasteiger charge is -2.31. The molecule has 2 fully saturated rings. The number of urea groups is 1. The predicted molar refractivity (Wildman–Crippen MR) is 140 cm³/mol. The molecule has 0 unspecified atom stereocenters. The topological polar surface area (TPSA) is 98.1 Å². The highest BCUT2D eigenvalue weighted by molar-refractivity contribution is 6.05. The molecule has 194 valence electrons. The second-order valence-electron chi connectivity index (χ2n) is 10.5. The van der Waals surface area contributed by atoms with Crippen LogP contribution in [0.3, 0.4) is 0 Å². The van der Waals surface area contributed by atoms with E-state index in [9.17, 15) is 14.4 Å². The second-order valence-corrected chi connectivity index (χ2v) is 10.5. The summed E-state index contributed by atoms with van der Waals surface area (Å²) in [5, 5.41) is 5.89. The fourth-order valence-corrected chi connectivity index (χ4v) is 4.69. The molecule has 1 aromatic carbocycles. The summed E-state index contributed by atoms with van der Waals surface area (Å²) in [4.78, 5) is 44.8. The van der Waals surface area contributed by atoms with Gasteiger partial charge in [-0.25, -0.2) is 4.79 Å². The summed E-state index contributed by atoms with van der Waals surface area (Å²) in [5.41, 5.74) is 1.65. The van der Waals surface area contributed by atoms with Crippen molar-refractivity contribution < 1.29 is 18.8 Å². The van der Waals surface area contributed by atoms with E-state index in [1.807, 2.05) is 42.7 Å². The van der Waals surface area contributed by atoms with Crippen molar-refractivity contribution in [3.63, 3.8) is 0 Å². The highest BCUT2D eigenvalue weighted by Crippen LogP contribution is 2.28. The van der Waals surface area contributed by atoms with E-state index >= 15 is 0 Å². The molecule has 4 rings (SSSR count). The minimum Gasteiger partial charge on any atom is -0.459 e. The van der Waals surface area contributed by atoms with E-state index in [4.69, 9.17) is 4.42 Å². The number of amides is 4. The molecule has 0 aliphatic carbocycles. The minimum absolute atomic E-state index is 0.0228. The Labute approximate surface area is 212 Å². The molecule has 0 spiro atoms. The van der Waals surface area contributed by atoms with Crippen LogP contribution < -0.4 is 15.5 Å². The lowest BCUT2D eigenvalue weighted by Crippen LogP contribution is -2.49. The Morgan fingerprint density at radius 1 is 0.861 bits per heavy atom. The summed E-state index contributed by atoms with van der Waals surface area (Å²) >= 11 is 0. The van der Waals surface area contributed by atoms with Gasteiger partial charge in [0.2, 0.25) is 0 Å². The number of furan rings is 1. The third-order valence-electron chi connectivity index (χ3n) is 6.48. The van der Waals surface area contributed by atoms with Crippen molar-refractivity contribution in [2.75, 3.05) is 49.5 Å². The fourth-order valence-electron chi connectivity index (χ4n) is 4.69. The molecule has 9 heteroatoms. The lowest BCUT2D eigenvalue weighted by atomic mass is 10.1. The molecule has 1 aromatic heterocycles. The minimum atomic E-state index is -0.362. The largest absolute Gasteiger partial charge is 0.459 e. The zero-order valence-electron chi connectivity index (χ0n) is 21.5. The third kappa shape index (κ3) is 6.38. The first-order valence-electron chi connectivity index (χ1n) is 12.8. The molecule has 0 atom stereocenters. The second kappa shape index (κ2) is 11.1. The molecule has 0 radical (unpaired) electrons. The van der Waals surface area contributed by atoms with Gasteiger partial charge in [0.15, 0.2) is 5.76 Å². The number of likely N-dealkylation sites (tertiary alicyclic amines) is 1. The first-order valence-corrected chi connectivity index (χ1v) is 12.8. The Morgan fingerprint density at radius 3 is 2.31 bits per heavy atom. The lowest BCUT2D eigenvalue weighted by molar-refractivity contribution is 0.0724. The van der Waals surface area contributed by atoms with Crippen LogP contribution in [0.25, 0.3) is 0 Å². The van der Waals surface area contributed by atoms with Crippen molar-refractivity contribution in [3.05, 3.63) is 47.9 Å². The van der Waals surface area contributed by atoms with Gasteiger partial charge in [0.05, 0.1) is 11.8 Å². The average Bonchev–Trinajstić information content (AvgIpc) is 3.28. The van der Waals surface area contributed by atoms with Crippen LogP contribution in [0.4, 0.5) is 16.2 Å². The van der Waals surface area contributed by atoms with Crippen molar-refractivity contribution in [2.45, 2.75) is 52.0 Å². The highest BCUT2D eigenvalue weighted by Gasteiger charge is 2.27. The number of piperidine rings is 1. The molecule has 2 aliphatic rings. The van der Waals surface area contributed by atoms with Crippen molar-refractivity contribution in [3.8, 4) is 0 Å². The number of nitrogens with one attached hydrogen (secondary N) is 2. The molecular weight excluding hydrogens is 458 g/mol. The van der Waals surface area contributed by atoms with Crippen molar-refractivity contribution in [1.29, 1.82) is 0 Å². The number of carbonyl (C=O) groups excluding carboxylic acids is 3. The van der Waals surface area contributed by atoms with Crippen molar-refractivity contribution in [1.82, 2.24) is 15.1 Å². The number of hydrogen-bond acceptors (Lipinski definition) is 5. The van der Waals surface area contributed by atoms with E-state index in [0.717, 1.165) is 51.0 Å². The number of hydrogen-bond donors (Lipinski definition) is 2. The SMILES string of the molecule is CC(C)(C)NC(=O)N1CCCN(c2ccc(NC(=O)c3ccco3)cc2C(=O)N2CCCCC2)CC1. The monoisotopic (exact) mass is 495 g/mol. The Morgan fingerprint density at radius 2 is 1.61 bits per heavy atom. The Balaban J connectivity index is 1.56. The van der Waals surface area contributed by atoms with E-state index in [1.165, 1.54) is 6.26 Å². The summed E-state index contributed by atoms with van der Waals surface area (Å²) < 4.78 is 5.20. The van der Waals surface area contributed by atoms with Crippen LogP contribution in [0.2, 0.25) is 0 Å².